The van der Waals surface area contributed by atoms with Gasteiger partial charge in [0.05, 0.1) is 12.8 Å². The molecule has 0 aromatic heterocycles. The van der Waals surface area contributed by atoms with Crippen molar-refractivity contribution in [3.05, 3.63) is 52.0 Å². The van der Waals surface area contributed by atoms with Gasteiger partial charge in [-0.2, -0.15) is 0 Å². The van der Waals surface area contributed by atoms with Crippen LogP contribution in [0.5, 0.6) is 11.5 Å². The van der Waals surface area contributed by atoms with E-state index in [2.05, 4.69) is 5.32 Å². The molecule has 5 heteroatoms. The highest BCUT2D eigenvalue weighted by Gasteiger charge is 2.17. The second-order valence-electron chi connectivity index (χ2n) is 5.82. The van der Waals surface area contributed by atoms with Gasteiger partial charge < -0.3 is 14.8 Å². The number of rotatable bonds is 5. The van der Waals surface area contributed by atoms with Crippen molar-refractivity contribution < 1.29 is 14.3 Å². The lowest BCUT2D eigenvalue weighted by atomic mass is 10.1. The van der Waals surface area contributed by atoms with Gasteiger partial charge in [0.15, 0.2) is 6.10 Å². The van der Waals surface area contributed by atoms with Crippen molar-refractivity contribution in [3.8, 4) is 11.5 Å². The standard InChI is InChI=1S/C19H22ClNO3/c1-11-6-7-17(23-5)16(8-11)21-19(22)14(4)24-15-9-12(2)18(20)13(3)10-15/h6-10,14H,1-5H3,(H,21,22)/t14-/m0/s1. The fourth-order valence-electron chi connectivity index (χ4n) is 2.39. The minimum absolute atomic E-state index is 0.246. The number of anilines is 1. The molecule has 0 heterocycles. The van der Waals surface area contributed by atoms with Gasteiger partial charge in [-0.25, -0.2) is 0 Å². The summed E-state index contributed by atoms with van der Waals surface area (Å²) in [4.78, 5) is 12.4. The minimum Gasteiger partial charge on any atom is -0.495 e. The third-order valence-corrected chi connectivity index (χ3v) is 4.30. The first-order valence-electron chi connectivity index (χ1n) is 7.70. The summed E-state index contributed by atoms with van der Waals surface area (Å²) in [5.41, 5.74) is 3.49. The van der Waals surface area contributed by atoms with Crippen LogP contribution in [0.2, 0.25) is 5.02 Å². The molecule has 24 heavy (non-hydrogen) atoms. The van der Waals surface area contributed by atoms with Crippen molar-refractivity contribution in [2.45, 2.75) is 33.8 Å². The van der Waals surface area contributed by atoms with Gasteiger partial charge in [-0.15, -0.1) is 0 Å². The summed E-state index contributed by atoms with van der Waals surface area (Å²) in [6, 6.07) is 9.26. The lowest BCUT2D eigenvalue weighted by molar-refractivity contribution is -0.122. The summed E-state index contributed by atoms with van der Waals surface area (Å²) in [5, 5.41) is 3.56. The molecule has 2 aromatic rings. The summed E-state index contributed by atoms with van der Waals surface area (Å²) in [7, 11) is 1.57. The van der Waals surface area contributed by atoms with Crippen LogP contribution < -0.4 is 14.8 Å². The zero-order valence-corrected chi connectivity index (χ0v) is 15.3. The molecule has 0 fully saturated rings. The number of ether oxygens (including phenoxy) is 2. The van der Waals surface area contributed by atoms with Crippen LogP contribution in [0.1, 0.15) is 23.6 Å². The molecule has 1 N–H and O–H groups in total. The summed E-state index contributed by atoms with van der Waals surface area (Å²) in [6.07, 6.45) is -0.657. The molecule has 2 rings (SSSR count). The second kappa shape index (κ2) is 7.58. The molecule has 2 aromatic carbocycles. The highest BCUT2D eigenvalue weighted by molar-refractivity contribution is 6.32. The number of benzene rings is 2. The van der Waals surface area contributed by atoms with Gasteiger partial charge >= 0.3 is 0 Å². The fraction of sp³-hybridized carbons (Fsp3) is 0.316. The van der Waals surface area contributed by atoms with Crippen LogP contribution in [0.3, 0.4) is 0 Å². The second-order valence-corrected chi connectivity index (χ2v) is 6.20. The van der Waals surface area contributed by atoms with Crippen molar-refractivity contribution in [2.75, 3.05) is 12.4 Å². The van der Waals surface area contributed by atoms with E-state index >= 15 is 0 Å². The maximum Gasteiger partial charge on any atom is 0.265 e. The van der Waals surface area contributed by atoms with Crippen LogP contribution in [0.4, 0.5) is 5.69 Å². The molecule has 0 radical (unpaired) electrons. The highest BCUT2D eigenvalue weighted by Crippen LogP contribution is 2.28. The molecule has 0 aliphatic heterocycles. The zero-order valence-electron chi connectivity index (χ0n) is 14.6. The number of hydrogen-bond donors (Lipinski definition) is 1. The molecule has 0 unspecified atom stereocenters. The number of carbonyl (C=O) groups is 1. The maximum absolute atomic E-state index is 12.4. The normalized spacial score (nSPS) is 11.8. The van der Waals surface area contributed by atoms with E-state index in [4.69, 9.17) is 21.1 Å². The van der Waals surface area contributed by atoms with Crippen molar-refractivity contribution in [3.63, 3.8) is 0 Å². The molecule has 0 spiro atoms. The largest absolute Gasteiger partial charge is 0.495 e. The van der Waals surface area contributed by atoms with E-state index in [9.17, 15) is 4.79 Å². The Hall–Kier alpha value is -2.20. The van der Waals surface area contributed by atoms with Crippen LogP contribution >= 0.6 is 11.6 Å². The Bertz CT molecular complexity index is 735. The summed E-state index contributed by atoms with van der Waals surface area (Å²) in [5.74, 6) is 0.983. The van der Waals surface area contributed by atoms with E-state index in [1.165, 1.54) is 0 Å². The summed E-state index contributed by atoms with van der Waals surface area (Å²) >= 11 is 6.16. The molecule has 0 bridgehead atoms. The molecule has 4 nitrogen and oxygen atoms in total. The van der Waals surface area contributed by atoms with E-state index in [0.29, 0.717) is 22.2 Å². The average Bonchev–Trinajstić information content (AvgIpc) is 2.52. The lowest BCUT2D eigenvalue weighted by Crippen LogP contribution is -2.30. The Labute approximate surface area is 147 Å². The fourth-order valence-corrected chi connectivity index (χ4v) is 2.49. The van der Waals surface area contributed by atoms with E-state index < -0.39 is 6.10 Å². The molecule has 0 saturated heterocycles. The first-order chi connectivity index (χ1) is 11.3. The number of hydrogen-bond acceptors (Lipinski definition) is 3. The summed E-state index contributed by atoms with van der Waals surface area (Å²) < 4.78 is 11.0. The quantitative estimate of drug-likeness (QED) is 0.854. The Morgan fingerprint density at radius 1 is 1.12 bits per heavy atom. The lowest BCUT2D eigenvalue weighted by Gasteiger charge is -2.17. The van der Waals surface area contributed by atoms with Crippen LogP contribution in [-0.2, 0) is 4.79 Å². The van der Waals surface area contributed by atoms with E-state index in [1.54, 1.807) is 14.0 Å². The smallest absolute Gasteiger partial charge is 0.265 e. The van der Waals surface area contributed by atoms with Gasteiger partial charge in [-0.05, 0) is 68.7 Å². The van der Waals surface area contributed by atoms with Gasteiger partial charge in [0.2, 0.25) is 0 Å². The third kappa shape index (κ3) is 4.20. The first kappa shape index (κ1) is 18.1. The van der Waals surface area contributed by atoms with Crippen LogP contribution in [0.25, 0.3) is 0 Å². The van der Waals surface area contributed by atoms with E-state index in [0.717, 1.165) is 16.7 Å². The number of methoxy groups -OCH3 is 1. The molecule has 1 amide bonds. The molecule has 1 atom stereocenters. The van der Waals surface area contributed by atoms with Gasteiger partial charge in [-0.1, -0.05) is 17.7 Å². The monoisotopic (exact) mass is 347 g/mol. The average molecular weight is 348 g/mol. The van der Waals surface area contributed by atoms with Crippen LogP contribution in [-0.4, -0.2) is 19.1 Å². The maximum atomic E-state index is 12.4. The Kier molecular flexibility index (Phi) is 5.73. The Balaban J connectivity index is 2.12. The van der Waals surface area contributed by atoms with Crippen LogP contribution in [0, 0.1) is 20.8 Å². The zero-order chi connectivity index (χ0) is 17.9. The first-order valence-corrected chi connectivity index (χ1v) is 8.08. The van der Waals surface area contributed by atoms with Crippen molar-refractivity contribution in [1.82, 2.24) is 0 Å². The van der Waals surface area contributed by atoms with Gasteiger partial charge in [0.25, 0.3) is 5.91 Å². The van der Waals surface area contributed by atoms with Gasteiger partial charge in [-0.3, -0.25) is 4.79 Å². The third-order valence-electron chi connectivity index (χ3n) is 3.70. The topological polar surface area (TPSA) is 47.6 Å². The van der Waals surface area contributed by atoms with Crippen LogP contribution in [0.15, 0.2) is 30.3 Å². The van der Waals surface area contributed by atoms with Crippen molar-refractivity contribution >= 4 is 23.2 Å². The van der Waals surface area contributed by atoms with Crippen molar-refractivity contribution in [1.29, 1.82) is 0 Å². The Morgan fingerprint density at radius 3 is 2.33 bits per heavy atom. The molecular weight excluding hydrogens is 326 g/mol. The number of amides is 1. The van der Waals surface area contributed by atoms with Crippen molar-refractivity contribution in [2.24, 2.45) is 0 Å². The predicted molar refractivity (Wildman–Crippen MR) is 97.4 cm³/mol. The Morgan fingerprint density at radius 2 is 1.75 bits per heavy atom. The molecule has 0 saturated carbocycles. The summed E-state index contributed by atoms with van der Waals surface area (Å²) in [6.45, 7) is 7.47. The molecule has 0 aliphatic carbocycles. The number of halogens is 1. The number of aryl methyl sites for hydroxylation is 3. The van der Waals surface area contributed by atoms with E-state index in [-0.39, 0.29) is 5.91 Å². The predicted octanol–water partition coefficient (Wildman–Crippen LogP) is 4.68. The molecule has 128 valence electrons. The SMILES string of the molecule is COc1ccc(C)cc1NC(=O)[C@H](C)Oc1cc(C)c(Cl)c(C)c1. The minimum atomic E-state index is -0.657. The molecule has 0 aliphatic rings. The number of nitrogens with one attached hydrogen (secondary N) is 1. The highest BCUT2D eigenvalue weighted by atomic mass is 35.5. The van der Waals surface area contributed by atoms with Gasteiger partial charge in [0.1, 0.15) is 11.5 Å². The molecular formula is C19H22ClNO3. The number of carbonyl (C=O) groups excluding carboxylic acids is 1. The van der Waals surface area contributed by atoms with Gasteiger partial charge in [0, 0.05) is 5.02 Å². The van der Waals surface area contributed by atoms with E-state index in [1.807, 2.05) is 51.1 Å².